The number of hydrogen-bond acceptors (Lipinski definition) is 4. The van der Waals surface area contributed by atoms with Crippen molar-refractivity contribution in [2.24, 2.45) is 11.5 Å². The highest BCUT2D eigenvalue weighted by molar-refractivity contribution is 5.81. The van der Waals surface area contributed by atoms with Gasteiger partial charge in [0.15, 0.2) is 6.10 Å². The molecule has 0 bridgehead atoms. The van der Waals surface area contributed by atoms with Gasteiger partial charge in [-0.2, -0.15) is 13.2 Å². The van der Waals surface area contributed by atoms with Gasteiger partial charge in [0.2, 0.25) is 11.8 Å². The number of primary amides is 1. The zero-order chi connectivity index (χ0) is 14.5. The molecule has 0 fully saturated rings. The van der Waals surface area contributed by atoms with Crippen molar-refractivity contribution < 1.29 is 27.9 Å². The molecule has 3 atom stereocenters. The Morgan fingerprint density at radius 2 is 1.89 bits per heavy atom. The molecule has 2 unspecified atom stereocenters. The van der Waals surface area contributed by atoms with E-state index in [-0.39, 0.29) is 0 Å². The first-order valence-electron chi connectivity index (χ1n) is 5.14. The van der Waals surface area contributed by atoms with Crippen LogP contribution in [-0.2, 0) is 9.59 Å². The first kappa shape index (κ1) is 16.6. The Kier molecular flexibility index (Phi) is 6.06. The number of carbonyl (C=O) groups excluding carboxylic acids is 2. The average molecular weight is 271 g/mol. The molecule has 18 heavy (non-hydrogen) atoms. The summed E-state index contributed by atoms with van der Waals surface area (Å²) in [7, 11) is 0. The predicted molar refractivity (Wildman–Crippen MR) is 56.1 cm³/mol. The van der Waals surface area contributed by atoms with Crippen molar-refractivity contribution in [1.29, 1.82) is 0 Å². The molecule has 0 spiro atoms. The van der Waals surface area contributed by atoms with E-state index in [9.17, 15) is 22.8 Å². The highest BCUT2D eigenvalue weighted by atomic mass is 19.4. The highest BCUT2D eigenvalue weighted by Gasteiger charge is 2.44. The molecule has 6 nitrogen and oxygen atoms in total. The smallest absolute Gasteiger partial charge is 0.382 e. The molecule has 0 aromatic rings. The van der Waals surface area contributed by atoms with Crippen LogP contribution in [0.25, 0.3) is 0 Å². The summed E-state index contributed by atoms with van der Waals surface area (Å²) in [6, 6.07) is -2.68. The van der Waals surface area contributed by atoms with Gasteiger partial charge in [-0.25, -0.2) is 0 Å². The molecule has 0 saturated heterocycles. The summed E-state index contributed by atoms with van der Waals surface area (Å²) in [4.78, 5) is 21.7. The first-order chi connectivity index (χ1) is 8.05. The monoisotopic (exact) mass is 271 g/mol. The summed E-state index contributed by atoms with van der Waals surface area (Å²) in [6.07, 6.45) is -8.50. The molecule has 2 amide bonds. The van der Waals surface area contributed by atoms with Gasteiger partial charge in [-0.15, -0.1) is 0 Å². The van der Waals surface area contributed by atoms with Crippen molar-refractivity contribution in [3.05, 3.63) is 0 Å². The molecule has 9 heteroatoms. The normalized spacial score (nSPS) is 16.8. The van der Waals surface area contributed by atoms with E-state index in [0.29, 0.717) is 0 Å². The van der Waals surface area contributed by atoms with Gasteiger partial charge in [0, 0.05) is 6.42 Å². The second-order valence-electron chi connectivity index (χ2n) is 3.90. The number of aliphatic hydroxyl groups is 1. The minimum Gasteiger partial charge on any atom is -0.382 e. The van der Waals surface area contributed by atoms with E-state index in [1.807, 2.05) is 5.32 Å². The lowest BCUT2D eigenvalue weighted by atomic mass is 10.0. The van der Waals surface area contributed by atoms with Crippen LogP contribution in [0.4, 0.5) is 13.2 Å². The van der Waals surface area contributed by atoms with E-state index < -0.39 is 49.0 Å². The lowest BCUT2D eigenvalue weighted by Crippen LogP contribution is -2.53. The number of nitrogens with one attached hydrogen (secondary N) is 1. The van der Waals surface area contributed by atoms with Gasteiger partial charge in [-0.1, -0.05) is 0 Å². The fraction of sp³-hybridized carbons (Fsp3) is 0.778. The number of amides is 2. The van der Waals surface area contributed by atoms with E-state index in [2.05, 4.69) is 0 Å². The standard InChI is InChI=1S/C9H16F3N3O3/c1-4(13)8(18)15-5(2-3-6(14)16)7(17)9(10,11)12/h4-5,7,17H,2-3,13H2,1H3,(H2,14,16)(H,15,18)/t4-,5?,7?/m0/s1. The number of alkyl halides is 3. The van der Waals surface area contributed by atoms with Gasteiger partial charge in [-0.3, -0.25) is 9.59 Å². The third kappa shape index (κ3) is 5.82. The quantitative estimate of drug-likeness (QED) is 0.496. The summed E-state index contributed by atoms with van der Waals surface area (Å²) < 4.78 is 37.0. The van der Waals surface area contributed by atoms with Crippen LogP contribution in [0, 0.1) is 0 Å². The van der Waals surface area contributed by atoms with E-state index in [4.69, 9.17) is 16.6 Å². The van der Waals surface area contributed by atoms with Crippen molar-refractivity contribution in [1.82, 2.24) is 5.32 Å². The van der Waals surface area contributed by atoms with Crippen LogP contribution >= 0.6 is 0 Å². The van der Waals surface area contributed by atoms with E-state index in [1.54, 1.807) is 0 Å². The Balaban J connectivity index is 4.71. The molecule has 6 N–H and O–H groups in total. The van der Waals surface area contributed by atoms with Crippen molar-refractivity contribution in [2.45, 2.75) is 44.1 Å². The molecule has 0 heterocycles. The van der Waals surface area contributed by atoms with Crippen LogP contribution in [-0.4, -0.2) is 41.3 Å². The number of carbonyl (C=O) groups is 2. The van der Waals surface area contributed by atoms with Crippen LogP contribution in [0.3, 0.4) is 0 Å². The number of hydrogen-bond donors (Lipinski definition) is 4. The number of aliphatic hydroxyl groups excluding tert-OH is 1. The van der Waals surface area contributed by atoms with Crippen molar-refractivity contribution in [2.75, 3.05) is 0 Å². The molecule has 0 aromatic carbocycles. The minimum absolute atomic E-state index is 0.392. The van der Waals surface area contributed by atoms with E-state index >= 15 is 0 Å². The van der Waals surface area contributed by atoms with Crippen LogP contribution in [0.15, 0.2) is 0 Å². The van der Waals surface area contributed by atoms with Crippen LogP contribution < -0.4 is 16.8 Å². The molecule has 0 aliphatic rings. The second kappa shape index (κ2) is 6.55. The van der Waals surface area contributed by atoms with Crippen molar-refractivity contribution in [3.8, 4) is 0 Å². The van der Waals surface area contributed by atoms with E-state index in [0.717, 1.165) is 0 Å². The summed E-state index contributed by atoms with van der Waals surface area (Å²) >= 11 is 0. The third-order valence-electron chi connectivity index (χ3n) is 2.16. The lowest BCUT2D eigenvalue weighted by molar-refractivity contribution is -0.212. The van der Waals surface area contributed by atoms with Gasteiger partial charge in [-0.05, 0) is 13.3 Å². The molecule has 0 aromatic heterocycles. The van der Waals surface area contributed by atoms with Gasteiger partial charge in [0.05, 0.1) is 12.1 Å². The van der Waals surface area contributed by atoms with Crippen LogP contribution in [0.5, 0.6) is 0 Å². The topological polar surface area (TPSA) is 118 Å². The maximum Gasteiger partial charge on any atom is 0.416 e. The number of rotatable bonds is 6. The molecule has 0 aliphatic heterocycles. The molecular formula is C9H16F3N3O3. The fourth-order valence-electron chi connectivity index (χ4n) is 1.15. The number of halogens is 3. The van der Waals surface area contributed by atoms with Crippen molar-refractivity contribution in [3.63, 3.8) is 0 Å². The molecule has 106 valence electrons. The van der Waals surface area contributed by atoms with E-state index in [1.165, 1.54) is 6.92 Å². The van der Waals surface area contributed by atoms with Gasteiger partial charge in [0.1, 0.15) is 0 Å². The molecule has 0 aliphatic carbocycles. The Bertz CT molecular complexity index is 307. The summed E-state index contributed by atoms with van der Waals surface area (Å²) in [5, 5.41) is 11.0. The van der Waals surface area contributed by atoms with Gasteiger partial charge >= 0.3 is 6.18 Å². The maximum atomic E-state index is 12.3. The van der Waals surface area contributed by atoms with Crippen LogP contribution in [0.2, 0.25) is 0 Å². The molecule has 0 radical (unpaired) electrons. The Hall–Kier alpha value is -1.35. The number of nitrogens with two attached hydrogens (primary N) is 2. The lowest BCUT2D eigenvalue weighted by Gasteiger charge is -2.26. The fourth-order valence-corrected chi connectivity index (χ4v) is 1.15. The zero-order valence-electron chi connectivity index (χ0n) is 9.70. The largest absolute Gasteiger partial charge is 0.416 e. The SMILES string of the molecule is C[C@H](N)C(=O)NC(CCC(N)=O)C(O)C(F)(F)F. The Morgan fingerprint density at radius 3 is 2.22 bits per heavy atom. The summed E-state index contributed by atoms with van der Waals surface area (Å²) in [6.45, 7) is 1.28. The third-order valence-corrected chi connectivity index (χ3v) is 2.16. The van der Waals surface area contributed by atoms with Crippen molar-refractivity contribution >= 4 is 11.8 Å². The Labute approximate surface area is 102 Å². The summed E-state index contributed by atoms with van der Waals surface area (Å²) in [5.74, 6) is -1.68. The van der Waals surface area contributed by atoms with Gasteiger partial charge in [0.25, 0.3) is 0 Å². The molecule has 0 saturated carbocycles. The maximum absolute atomic E-state index is 12.3. The highest BCUT2D eigenvalue weighted by Crippen LogP contribution is 2.24. The first-order valence-corrected chi connectivity index (χ1v) is 5.14. The van der Waals surface area contributed by atoms with Crippen LogP contribution in [0.1, 0.15) is 19.8 Å². The van der Waals surface area contributed by atoms with Gasteiger partial charge < -0.3 is 21.9 Å². The molecule has 0 rings (SSSR count). The average Bonchev–Trinajstić information content (AvgIpc) is 2.20. The minimum atomic E-state index is -4.91. The summed E-state index contributed by atoms with van der Waals surface area (Å²) in [5.41, 5.74) is 9.98. The molecular weight excluding hydrogens is 255 g/mol. The zero-order valence-corrected chi connectivity index (χ0v) is 9.70. The predicted octanol–water partition coefficient (Wildman–Crippen LogP) is -0.993. The second-order valence-corrected chi connectivity index (χ2v) is 3.90. The Morgan fingerprint density at radius 1 is 1.39 bits per heavy atom.